The van der Waals surface area contributed by atoms with E-state index in [0.29, 0.717) is 23.4 Å². The van der Waals surface area contributed by atoms with Crippen molar-refractivity contribution in [3.63, 3.8) is 0 Å². The molecule has 5 rings (SSSR count). The van der Waals surface area contributed by atoms with Crippen molar-refractivity contribution in [3.05, 3.63) is 147 Å². The summed E-state index contributed by atoms with van der Waals surface area (Å²) in [4.78, 5) is 27.1. The van der Waals surface area contributed by atoms with Crippen LogP contribution in [0.25, 0.3) is 0 Å². The Morgan fingerprint density at radius 3 is 2.35 bits per heavy atom. The lowest BCUT2D eigenvalue weighted by Crippen LogP contribution is -2.42. The molecule has 1 N–H and O–H groups in total. The van der Waals surface area contributed by atoms with E-state index in [2.05, 4.69) is 68.9 Å². The highest BCUT2D eigenvalue weighted by molar-refractivity contribution is 9.10. The number of rotatable bonds is 9. The molecule has 3 unspecified atom stereocenters. The molecule has 1 amide bonds. The first kappa shape index (κ1) is 32.7. The van der Waals surface area contributed by atoms with Crippen molar-refractivity contribution in [2.45, 2.75) is 56.6 Å². The fourth-order valence-corrected chi connectivity index (χ4v) is 6.87. The number of nitrogens with one attached hydrogen (secondary N) is 1. The normalized spacial score (nSPS) is 17.2. The summed E-state index contributed by atoms with van der Waals surface area (Å²) >= 11 is 11.7. The molecule has 0 radical (unpaired) electrons. The van der Waals surface area contributed by atoms with Crippen molar-refractivity contribution in [1.29, 1.82) is 0 Å². The molecule has 1 heterocycles. The van der Waals surface area contributed by atoms with Crippen molar-refractivity contribution in [2.24, 2.45) is 0 Å². The molecule has 7 heteroatoms. The van der Waals surface area contributed by atoms with Gasteiger partial charge in [0.2, 0.25) is 5.91 Å². The fraction of sp³-hybridized carbons (Fsp3) is 0.222. The second kappa shape index (κ2) is 16.1. The molecule has 222 valence electrons. The highest BCUT2D eigenvalue weighted by Gasteiger charge is 2.38. The zero-order valence-electron chi connectivity index (χ0n) is 24.5. The van der Waals surface area contributed by atoms with Crippen LogP contribution in [0.3, 0.4) is 0 Å². The molecule has 0 saturated heterocycles. The maximum atomic E-state index is 14.0. The third-order valence-corrected chi connectivity index (χ3v) is 8.98. The van der Waals surface area contributed by atoms with Gasteiger partial charge in [0.25, 0.3) is 0 Å². The van der Waals surface area contributed by atoms with Crippen LogP contribution in [0.2, 0.25) is 5.02 Å². The van der Waals surface area contributed by atoms with E-state index in [1.54, 1.807) is 11.9 Å². The zero-order chi connectivity index (χ0) is 30.8. The lowest BCUT2D eigenvalue weighted by atomic mass is 9.88. The minimum atomic E-state index is -0.646. The van der Waals surface area contributed by atoms with Gasteiger partial charge in [-0.15, -0.1) is 0 Å². The van der Waals surface area contributed by atoms with Gasteiger partial charge in [-0.25, -0.2) is 4.31 Å². The van der Waals surface area contributed by atoms with E-state index in [0.717, 1.165) is 32.3 Å². The van der Waals surface area contributed by atoms with Crippen LogP contribution in [-0.4, -0.2) is 22.5 Å². The molecular weight excluding hydrogens is 640 g/mol. The van der Waals surface area contributed by atoms with Gasteiger partial charge in [0.15, 0.2) is 0 Å². The fourth-order valence-electron chi connectivity index (χ4n) is 5.08. The first-order chi connectivity index (χ1) is 20.9. The van der Waals surface area contributed by atoms with E-state index in [-0.39, 0.29) is 11.9 Å². The standard InChI is InChI=1S/C34H30BrClN2O2S.C2H6/c1-23-13-15-30(16-14-23)41-38-32(25-9-5-11-27(35)20-25)18-17-31(33(38)26-10-6-12-28(36)21-26)34(40)37-29(22-39)19-24-7-3-2-4-8-24;1-2/h2-17,20-22,29,32-33H,18-19H2,1H3,(H,37,40);1-2H3. The molecule has 0 fully saturated rings. The van der Waals surface area contributed by atoms with Gasteiger partial charge in [0.1, 0.15) is 6.29 Å². The first-order valence-corrected chi connectivity index (χ1v) is 16.4. The van der Waals surface area contributed by atoms with E-state index in [1.165, 1.54) is 5.56 Å². The Hall–Kier alpha value is -3.16. The smallest absolute Gasteiger partial charge is 0.249 e. The molecule has 4 nitrogen and oxygen atoms in total. The second-order valence-electron chi connectivity index (χ2n) is 10.1. The van der Waals surface area contributed by atoms with Gasteiger partial charge in [-0.3, -0.25) is 4.79 Å². The van der Waals surface area contributed by atoms with Gasteiger partial charge in [0, 0.05) is 20.0 Å². The van der Waals surface area contributed by atoms with Crippen LogP contribution < -0.4 is 5.32 Å². The van der Waals surface area contributed by atoms with Crippen LogP contribution >= 0.6 is 39.5 Å². The molecule has 0 aromatic heterocycles. The predicted molar refractivity (Wildman–Crippen MR) is 182 cm³/mol. The number of carbonyl (C=O) groups excluding carboxylic acids is 2. The summed E-state index contributed by atoms with van der Waals surface area (Å²) in [6.45, 7) is 6.07. The average Bonchev–Trinajstić information content (AvgIpc) is 3.03. The molecule has 0 aliphatic carbocycles. The van der Waals surface area contributed by atoms with Crippen molar-refractivity contribution >= 4 is 51.7 Å². The van der Waals surface area contributed by atoms with Crippen molar-refractivity contribution in [3.8, 4) is 0 Å². The van der Waals surface area contributed by atoms with Crippen molar-refractivity contribution in [2.75, 3.05) is 0 Å². The molecule has 43 heavy (non-hydrogen) atoms. The van der Waals surface area contributed by atoms with Gasteiger partial charge in [0.05, 0.1) is 18.1 Å². The molecule has 1 aliphatic heterocycles. The highest BCUT2D eigenvalue weighted by Crippen LogP contribution is 2.48. The van der Waals surface area contributed by atoms with E-state index in [9.17, 15) is 9.59 Å². The monoisotopic (exact) mass is 674 g/mol. The zero-order valence-corrected chi connectivity index (χ0v) is 27.7. The molecule has 4 aromatic rings. The lowest BCUT2D eigenvalue weighted by molar-refractivity contribution is -0.121. The Balaban J connectivity index is 0.00000207. The van der Waals surface area contributed by atoms with E-state index < -0.39 is 12.1 Å². The van der Waals surface area contributed by atoms with Gasteiger partial charge < -0.3 is 10.1 Å². The number of benzene rings is 4. The van der Waals surface area contributed by atoms with E-state index in [1.807, 2.05) is 86.7 Å². The summed E-state index contributed by atoms with van der Waals surface area (Å²) in [5.74, 6) is -0.259. The maximum Gasteiger partial charge on any atom is 0.249 e. The topological polar surface area (TPSA) is 49.4 Å². The van der Waals surface area contributed by atoms with Gasteiger partial charge in [-0.05, 0) is 84.8 Å². The number of aldehydes is 1. The number of amides is 1. The highest BCUT2D eigenvalue weighted by atomic mass is 79.9. The molecule has 0 spiro atoms. The average molecular weight is 676 g/mol. The van der Waals surface area contributed by atoms with Crippen LogP contribution in [0.4, 0.5) is 0 Å². The van der Waals surface area contributed by atoms with Crippen LogP contribution in [0.1, 0.15) is 54.6 Å². The Kier molecular flexibility index (Phi) is 12.2. The van der Waals surface area contributed by atoms with Gasteiger partial charge in [-0.1, -0.05) is 120 Å². The third-order valence-electron chi connectivity index (χ3n) is 7.09. The second-order valence-corrected chi connectivity index (χ2v) is 12.5. The minimum absolute atomic E-state index is 0.0227. The van der Waals surface area contributed by atoms with Crippen molar-refractivity contribution in [1.82, 2.24) is 9.62 Å². The van der Waals surface area contributed by atoms with Crippen LogP contribution in [0.15, 0.2) is 124 Å². The Labute approximate surface area is 272 Å². The maximum absolute atomic E-state index is 14.0. The SMILES string of the molecule is CC.Cc1ccc(SN2C(c3cccc(Br)c3)CC=C(C(=O)NC(C=O)Cc3ccccc3)C2c2cccc(Cl)c2)cc1. The molecular formula is C36H36BrClN2O2S. The molecule has 1 aliphatic rings. The van der Waals surface area contributed by atoms with Gasteiger partial charge >= 0.3 is 0 Å². The number of halogens is 2. The predicted octanol–water partition coefficient (Wildman–Crippen LogP) is 9.49. The number of hydrogen-bond acceptors (Lipinski definition) is 4. The number of nitrogens with zero attached hydrogens (tertiary/aromatic N) is 1. The summed E-state index contributed by atoms with van der Waals surface area (Å²) in [6.07, 6.45) is 3.88. The van der Waals surface area contributed by atoms with Crippen LogP contribution in [-0.2, 0) is 16.0 Å². The van der Waals surface area contributed by atoms with E-state index in [4.69, 9.17) is 11.6 Å². The number of carbonyl (C=O) groups is 2. The van der Waals surface area contributed by atoms with Gasteiger partial charge in [-0.2, -0.15) is 0 Å². The Morgan fingerprint density at radius 1 is 0.977 bits per heavy atom. The summed E-state index contributed by atoms with van der Waals surface area (Å²) in [7, 11) is 0. The number of hydrogen-bond donors (Lipinski definition) is 1. The Morgan fingerprint density at radius 2 is 1.67 bits per heavy atom. The van der Waals surface area contributed by atoms with Crippen LogP contribution in [0, 0.1) is 6.92 Å². The van der Waals surface area contributed by atoms with Crippen LogP contribution in [0.5, 0.6) is 0 Å². The lowest BCUT2D eigenvalue weighted by Gasteiger charge is -2.41. The summed E-state index contributed by atoms with van der Waals surface area (Å²) in [5.41, 5.74) is 4.81. The summed E-state index contributed by atoms with van der Waals surface area (Å²) < 4.78 is 3.29. The first-order valence-electron chi connectivity index (χ1n) is 14.5. The summed E-state index contributed by atoms with van der Waals surface area (Å²) in [5, 5.41) is 3.60. The molecule has 3 atom stereocenters. The molecule has 0 bridgehead atoms. The largest absolute Gasteiger partial charge is 0.342 e. The summed E-state index contributed by atoms with van der Waals surface area (Å²) in [6, 6.07) is 33.0. The minimum Gasteiger partial charge on any atom is -0.342 e. The molecule has 4 aromatic carbocycles. The third kappa shape index (κ3) is 8.70. The van der Waals surface area contributed by atoms with E-state index >= 15 is 0 Å². The quantitative estimate of drug-likeness (QED) is 0.142. The Bertz CT molecular complexity index is 1540. The van der Waals surface area contributed by atoms with Crippen molar-refractivity contribution < 1.29 is 9.59 Å². The number of aryl methyl sites for hydroxylation is 1. The molecule has 0 saturated carbocycles.